The van der Waals surface area contributed by atoms with E-state index in [1.165, 1.54) is 56.3 Å². The van der Waals surface area contributed by atoms with Crippen LogP contribution in [-0.4, -0.2) is 15.2 Å². The van der Waals surface area contributed by atoms with Gasteiger partial charge in [0, 0.05) is 4.75 Å². The molecule has 1 N–H and O–H groups in total. The highest BCUT2D eigenvalue weighted by atomic mass is 32.9. The van der Waals surface area contributed by atoms with E-state index in [1.54, 1.807) is 0 Å². The van der Waals surface area contributed by atoms with Crippen LogP contribution in [0, 0.1) is 11.8 Å². The van der Waals surface area contributed by atoms with E-state index in [0.717, 1.165) is 19.3 Å². The van der Waals surface area contributed by atoms with Crippen molar-refractivity contribution in [3.05, 3.63) is 0 Å². The Balaban J connectivity index is 4.84. The van der Waals surface area contributed by atoms with E-state index >= 15 is 0 Å². The van der Waals surface area contributed by atoms with Crippen molar-refractivity contribution in [2.45, 2.75) is 130 Å². The molecular weight excluding hydrogens is 391 g/mol. The molecule has 0 aliphatic carbocycles. The highest BCUT2D eigenvalue weighted by molar-refractivity contribution is 8.68. The molecule has 0 aliphatic rings. The molecule has 0 saturated carbocycles. The van der Waals surface area contributed by atoms with Crippen molar-refractivity contribution in [3.63, 3.8) is 0 Å². The second-order valence-electron chi connectivity index (χ2n) is 9.41. The number of unbranched alkanes of at least 4 members (excludes halogenated alkanes) is 2. The van der Waals surface area contributed by atoms with Crippen molar-refractivity contribution in [2.75, 3.05) is 0 Å². The number of hydrogen-bond acceptors (Lipinski definition) is 3. The van der Waals surface area contributed by atoms with E-state index in [9.17, 15) is 4.89 Å². The summed E-state index contributed by atoms with van der Waals surface area (Å²) in [7, 11) is 0. The van der Waals surface area contributed by atoms with Crippen LogP contribution in [0.1, 0.15) is 120 Å². The quantitative estimate of drug-likeness (QED) is 0.244. The van der Waals surface area contributed by atoms with Crippen molar-refractivity contribution >= 4 is 28.9 Å². The van der Waals surface area contributed by atoms with Gasteiger partial charge in [0.25, 0.3) is 0 Å². The summed E-state index contributed by atoms with van der Waals surface area (Å²) in [5, 5.41) is 0. The minimum atomic E-state index is -2.87. The van der Waals surface area contributed by atoms with Gasteiger partial charge in [0.15, 0.2) is 0 Å². The summed E-state index contributed by atoms with van der Waals surface area (Å²) < 4.78 is 6.16. The molecular formula is C22H47O2PS2. The molecule has 0 spiro atoms. The van der Waals surface area contributed by atoms with Crippen LogP contribution in [-0.2, 0) is 16.3 Å². The molecule has 0 radical (unpaired) electrons. The van der Waals surface area contributed by atoms with Crippen LogP contribution in [0.2, 0.25) is 0 Å². The summed E-state index contributed by atoms with van der Waals surface area (Å²) in [5.41, 5.74) is -3.24. The van der Waals surface area contributed by atoms with Crippen molar-refractivity contribution in [1.29, 1.82) is 0 Å². The zero-order chi connectivity index (χ0) is 21.1. The Morgan fingerprint density at radius 3 is 1.74 bits per heavy atom. The SMILES string of the molecule is CCCCC(CC)CC(C)(C)OP(O)(=S)SC(C)(C)CC(CC)CCCC. The first-order valence-electron chi connectivity index (χ1n) is 11.1. The van der Waals surface area contributed by atoms with Crippen LogP contribution in [0.3, 0.4) is 0 Å². The van der Waals surface area contributed by atoms with Crippen molar-refractivity contribution in [2.24, 2.45) is 11.8 Å². The molecule has 0 rings (SSSR count). The lowest BCUT2D eigenvalue weighted by molar-refractivity contribution is 0.0819. The fraction of sp³-hybridized carbons (Fsp3) is 1.00. The molecule has 0 aromatic heterocycles. The normalized spacial score (nSPS) is 17.5. The van der Waals surface area contributed by atoms with Crippen LogP contribution in [0.4, 0.5) is 0 Å². The molecule has 0 fully saturated rings. The van der Waals surface area contributed by atoms with E-state index in [0.29, 0.717) is 11.8 Å². The van der Waals surface area contributed by atoms with Gasteiger partial charge in [-0.05, 0) is 50.3 Å². The Kier molecular flexibility index (Phi) is 13.7. The summed E-state index contributed by atoms with van der Waals surface area (Å²) in [6.45, 7) is 17.7. The molecule has 0 amide bonds. The smallest absolute Gasteiger partial charge is 0.245 e. The summed E-state index contributed by atoms with van der Waals surface area (Å²) in [4.78, 5) is 11.0. The molecule has 2 nitrogen and oxygen atoms in total. The molecule has 0 aromatic rings. The average Bonchev–Trinajstić information content (AvgIpc) is 2.52. The van der Waals surface area contributed by atoms with Gasteiger partial charge in [-0.1, -0.05) is 104 Å². The largest absolute Gasteiger partial charge is 0.337 e. The first-order chi connectivity index (χ1) is 12.4. The van der Waals surface area contributed by atoms with Gasteiger partial charge in [0.1, 0.15) is 0 Å². The van der Waals surface area contributed by atoms with Gasteiger partial charge in [-0.25, -0.2) is 0 Å². The number of hydrogen-bond donors (Lipinski definition) is 1. The first-order valence-corrected chi connectivity index (χ1v) is 15.2. The monoisotopic (exact) mass is 438 g/mol. The molecule has 0 aromatic carbocycles. The predicted octanol–water partition coefficient (Wildman–Crippen LogP) is 8.72. The van der Waals surface area contributed by atoms with E-state index < -0.39 is 5.69 Å². The third-order valence-electron chi connectivity index (χ3n) is 5.37. The Morgan fingerprint density at radius 1 is 0.889 bits per heavy atom. The Hall–Kier alpha value is 0.920. The van der Waals surface area contributed by atoms with Crippen LogP contribution >= 0.6 is 17.1 Å². The molecule has 164 valence electrons. The second-order valence-corrected chi connectivity index (χ2v) is 16.0. The standard InChI is InChI=1S/C22H47O2PS2/c1-9-13-15-19(11-3)17-21(5,6)24-25(23,26)27-22(7,8)18-20(12-4)16-14-10-2/h19-20H,9-18H2,1-8H3,(H,23,26). The van der Waals surface area contributed by atoms with Crippen LogP contribution in [0.15, 0.2) is 0 Å². The van der Waals surface area contributed by atoms with E-state index in [1.807, 2.05) is 0 Å². The molecule has 27 heavy (non-hydrogen) atoms. The maximum atomic E-state index is 11.0. The predicted molar refractivity (Wildman–Crippen MR) is 129 cm³/mol. The minimum Gasteiger partial charge on any atom is -0.337 e. The Labute approximate surface area is 179 Å². The van der Waals surface area contributed by atoms with Gasteiger partial charge in [-0.15, -0.1) is 0 Å². The second kappa shape index (κ2) is 13.3. The highest BCUT2D eigenvalue weighted by Crippen LogP contribution is 2.64. The van der Waals surface area contributed by atoms with Gasteiger partial charge in [0.05, 0.1) is 5.60 Å². The van der Waals surface area contributed by atoms with Crippen LogP contribution in [0.25, 0.3) is 0 Å². The van der Waals surface area contributed by atoms with Gasteiger partial charge < -0.3 is 9.42 Å². The molecule has 0 saturated heterocycles. The Bertz CT molecular complexity index is 402. The van der Waals surface area contributed by atoms with Crippen molar-refractivity contribution < 1.29 is 9.42 Å². The highest BCUT2D eigenvalue weighted by Gasteiger charge is 2.35. The molecule has 3 atom stereocenters. The summed E-state index contributed by atoms with van der Waals surface area (Å²) >= 11 is 7.12. The lowest BCUT2D eigenvalue weighted by Gasteiger charge is -2.36. The van der Waals surface area contributed by atoms with E-state index in [4.69, 9.17) is 16.3 Å². The molecule has 3 unspecified atom stereocenters. The van der Waals surface area contributed by atoms with Gasteiger partial charge in [0.2, 0.25) is 5.69 Å². The zero-order valence-corrected chi connectivity index (χ0v) is 21.9. The van der Waals surface area contributed by atoms with Crippen LogP contribution < -0.4 is 0 Å². The summed E-state index contributed by atoms with van der Waals surface area (Å²) in [6.07, 6.45) is 12.0. The third kappa shape index (κ3) is 13.7. The third-order valence-corrected chi connectivity index (χ3v) is 10.3. The van der Waals surface area contributed by atoms with Gasteiger partial charge in [-0.3, -0.25) is 0 Å². The first kappa shape index (κ1) is 27.9. The fourth-order valence-corrected chi connectivity index (χ4v) is 10.9. The van der Waals surface area contributed by atoms with E-state index in [2.05, 4.69) is 55.4 Å². The lowest BCUT2D eigenvalue weighted by atomic mass is 9.88. The zero-order valence-electron chi connectivity index (χ0n) is 19.3. The van der Waals surface area contributed by atoms with Crippen LogP contribution in [0.5, 0.6) is 0 Å². The molecule has 5 heteroatoms. The topological polar surface area (TPSA) is 29.5 Å². The maximum absolute atomic E-state index is 11.0. The summed E-state index contributed by atoms with van der Waals surface area (Å²) in [5.74, 6) is 1.35. The number of rotatable bonds is 16. The minimum absolute atomic E-state index is 0.0544. The average molecular weight is 439 g/mol. The Morgan fingerprint density at radius 2 is 1.33 bits per heavy atom. The maximum Gasteiger partial charge on any atom is 0.245 e. The van der Waals surface area contributed by atoms with Crippen molar-refractivity contribution in [3.8, 4) is 0 Å². The molecule has 0 bridgehead atoms. The molecule has 0 heterocycles. The van der Waals surface area contributed by atoms with Crippen molar-refractivity contribution in [1.82, 2.24) is 0 Å². The lowest BCUT2D eigenvalue weighted by Crippen LogP contribution is -2.27. The molecule has 0 aliphatic heterocycles. The van der Waals surface area contributed by atoms with Gasteiger partial charge in [-0.2, -0.15) is 0 Å². The van der Waals surface area contributed by atoms with E-state index in [-0.39, 0.29) is 10.3 Å². The fourth-order valence-electron chi connectivity index (χ4n) is 3.99. The summed E-state index contributed by atoms with van der Waals surface area (Å²) in [6, 6.07) is 0. The van der Waals surface area contributed by atoms with Gasteiger partial charge >= 0.3 is 0 Å².